The molecule has 4 rings (SSSR count). The molecule has 3 aromatic carbocycles. The number of carbonyl (C=O) groups is 2. The van der Waals surface area contributed by atoms with Crippen LogP contribution in [0.15, 0.2) is 78.9 Å². The molecule has 1 atom stereocenters. The first kappa shape index (κ1) is 21.4. The van der Waals surface area contributed by atoms with Crippen LogP contribution in [0.5, 0.6) is 5.75 Å². The highest BCUT2D eigenvalue weighted by Gasteiger charge is 2.35. The number of nitrogens with one attached hydrogen (secondary N) is 1. The Hall–Kier alpha value is -3.80. The van der Waals surface area contributed by atoms with Crippen molar-refractivity contribution in [3.63, 3.8) is 0 Å². The van der Waals surface area contributed by atoms with Gasteiger partial charge in [-0.1, -0.05) is 60.7 Å². The van der Waals surface area contributed by atoms with Gasteiger partial charge in [-0.15, -0.1) is 0 Å². The minimum absolute atomic E-state index is 0.189. The molecule has 1 aliphatic heterocycles. The fourth-order valence-electron chi connectivity index (χ4n) is 3.90. The average Bonchev–Trinajstić information content (AvgIpc) is 3.34. The summed E-state index contributed by atoms with van der Waals surface area (Å²) in [5, 5.41) is 2.93. The van der Waals surface area contributed by atoms with E-state index in [-0.39, 0.29) is 12.5 Å². The van der Waals surface area contributed by atoms with Crippen LogP contribution in [0.4, 0.5) is 10.5 Å². The van der Waals surface area contributed by atoms with Gasteiger partial charge < -0.3 is 14.8 Å². The smallest absolute Gasteiger partial charge is 0.410 e. The molecule has 0 aromatic heterocycles. The Morgan fingerprint density at radius 2 is 1.69 bits per heavy atom. The molecule has 1 fully saturated rings. The average molecular weight is 431 g/mol. The number of rotatable bonds is 6. The number of ether oxygens (including phenoxy) is 2. The summed E-state index contributed by atoms with van der Waals surface area (Å²) >= 11 is 0. The first-order valence-electron chi connectivity index (χ1n) is 10.7. The topological polar surface area (TPSA) is 67.9 Å². The maximum absolute atomic E-state index is 12.9. The second-order valence-corrected chi connectivity index (χ2v) is 7.66. The second kappa shape index (κ2) is 10.0. The van der Waals surface area contributed by atoms with Crippen molar-refractivity contribution in [3.8, 4) is 16.9 Å². The molecule has 0 aliphatic carbocycles. The molecule has 1 N–H and O–H groups in total. The number of methoxy groups -OCH3 is 1. The molecular weight excluding hydrogens is 404 g/mol. The maximum Gasteiger partial charge on any atom is 0.410 e. The van der Waals surface area contributed by atoms with E-state index in [0.29, 0.717) is 18.7 Å². The minimum Gasteiger partial charge on any atom is -0.496 e. The van der Waals surface area contributed by atoms with Gasteiger partial charge in [-0.3, -0.25) is 9.69 Å². The Bertz CT molecular complexity index is 1070. The molecule has 32 heavy (non-hydrogen) atoms. The van der Waals surface area contributed by atoms with Crippen LogP contribution in [0.2, 0.25) is 0 Å². The fraction of sp³-hybridized carbons (Fsp3) is 0.231. The van der Waals surface area contributed by atoms with Crippen molar-refractivity contribution in [2.45, 2.75) is 25.5 Å². The van der Waals surface area contributed by atoms with Gasteiger partial charge >= 0.3 is 6.09 Å². The van der Waals surface area contributed by atoms with E-state index >= 15 is 0 Å². The minimum atomic E-state index is -0.535. The number of para-hydroxylation sites is 1. The third-order valence-electron chi connectivity index (χ3n) is 5.57. The lowest BCUT2D eigenvalue weighted by molar-refractivity contribution is -0.120. The van der Waals surface area contributed by atoms with Crippen LogP contribution in [0.25, 0.3) is 11.1 Å². The maximum atomic E-state index is 12.9. The van der Waals surface area contributed by atoms with Gasteiger partial charge in [0.1, 0.15) is 18.4 Å². The van der Waals surface area contributed by atoms with E-state index < -0.39 is 12.1 Å². The quantitative estimate of drug-likeness (QED) is 0.591. The fourth-order valence-corrected chi connectivity index (χ4v) is 3.90. The van der Waals surface area contributed by atoms with Crippen LogP contribution in [-0.2, 0) is 16.1 Å². The molecule has 0 spiro atoms. The van der Waals surface area contributed by atoms with E-state index in [4.69, 9.17) is 9.47 Å². The van der Waals surface area contributed by atoms with Crippen molar-refractivity contribution in [3.05, 3.63) is 84.4 Å². The highest BCUT2D eigenvalue weighted by Crippen LogP contribution is 2.30. The van der Waals surface area contributed by atoms with Gasteiger partial charge in [0, 0.05) is 17.8 Å². The van der Waals surface area contributed by atoms with E-state index in [1.165, 1.54) is 4.90 Å². The Morgan fingerprint density at radius 3 is 2.44 bits per heavy atom. The highest BCUT2D eigenvalue weighted by molar-refractivity contribution is 5.97. The lowest BCUT2D eigenvalue weighted by Gasteiger charge is -2.23. The molecule has 0 bridgehead atoms. The normalized spacial score (nSPS) is 15.3. The van der Waals surface area contributed by atoms with Crippen LogP contribution in [0.1, 0.15) is 18.4 Å². The third kappa shape index (κ3) is 4.91. The summed E-state index contributed by atoms with van der Waals surface area (Å²) in [5.74, 6) is 0.587. The molecule has 1 unspecified atom stereocenters. The number of hydrogen-bond acceptors (Lipinski definition) is 4. The molecule has 6 nitrogen and oxygen atoms in total. The SMILES string of the molecule is COc1ccccc1-c1ccc(NC(=O)C2CCCN2C(=O)OCc2ccccc2)cc1. The van der Waals surface area contributed by atoms with Crippen molar-refractivity contribution in [1.82, 2.24) is 4.90 Å². The molecule has 164 valence electrons. The highest BCUT2D eigenvalue weighted by atomic mass is 16.6. The van der Waals surface area contributed by atoms with Gasteiger partial charge in [-0.25, -0.2) is 4.79 Å². The van der Waals surface area contributed by atoms with Gasteiger partial charge in [0.2, 0.25) is 5.91 Å². The Balaban J connectivity index is 1.38. The van der Waals surface area contributed by atoms with Crippen LogP contribution in [0.3, 0.4) is 0 Å². The second-order valence-electron chi connectivity index (χ2n) is 7.66. The standard InChI is InChI=1S/C26H26N2O4/c1-31-24-12-6-5-10-22(24)20-13-15-21(16-14-20)27-25(29)23-11-7-17-28(23)26(30)32-18-19-8-3-2-4-9-19/h2-6,8-10,12-16,23H,7,11,17-18H2,1H3,(H,27,29). The first-order chi connectivity index (χ1) is 15.7. The number of likely N-dealkylation sites (tertiary alicyclic amines) is 1. The predicted octanol–water partition coefficient (Wildman–Crippen LogP) is 5.10. The molecule has 0 saturated carbocycles. The number of hydrogen-bond donors (Lipinski definition) is 1. The molecule has 2 amide bonds. The summed E-state index contributed by atoms with van der Waals surface area (Å²) in [6.45, 7) is 0.702. The van der Waals surface area contributed by atoms with Crippen molar-refractivity contribution in [2.24, 2.45) is 0 Å². The lowest BCUT2D eigenvalue weighted by Crippen LogP contribution is -2.43. The lowest BCUT2D eigenvalue weighted by atomic mass is 10.0. The summed E-state index contributed by atoms with van der Waals surface area (Å²) in [6, 6.07) is 24.3. The van der Waals surface area contributed by atoms with E-state index in [0.717, 1.165) is 28.9 Å². The van der Waals surface area contributed by atoms with Crippen LogP contribution < -0.4 is 10.1 Å². The van der Waals surface area contributed by atoms with Gasteiger partial charge in [0.25, 0.3) is 0 Å². The largest absolute Gasteiger partial charge is 0.496 e. The zero-order chi connectivity index (χ0) is 22.3. The Labute approximate surface area is 187 Å². The summed E-state index contributed by atoms with van der Waals surface area (Å²) in [7, 11) is 1.64. The van der Waals surface area contributed by atoms with E-state index in [9.17, 15) is 9.59 Å². The number of carbonyl (C=O) groups excluding carboxylic acids is 2. The van der Waals surface area contributed by atoms with Crippen molar-refractivity contribution in [2.75, 3.05) is 19.0 Å². The first-order valence-corrected chi connectivity index (χ1v) is 10.7. The van der Waals surface area contributed by atoms with Crippen molar-refractivity contribution < 1.29 is 19.1 Å². The predicted molar refractivity (Wildman–Crippen MR) is 123 cm³/mol. The zero-order valence-electron chi connectivity index (χ0n) is 18.0. The number of anilines is 1. The Kier molecular flexibility index (Phi) is 6.70. The number of benzene rings is 3. The summed E-state index contributed by atoms with van der Waals surface area (Å²) < 4.78 is 10.8. The number of nitrogens with zero attached hydrogens (tertiary/aromatic N) is 1. The van der Waals surface area contributed by atoms with Gasteiger partial charge in [-0.2, -0.15) is 0 Å². The van der Waals surface area contributed by atoms with Crippen LogP contribution in [0, 0.1) is 0 Å². The monoisotopic (exact) mass is 430 g/mol. The molecule has 3 aromatic rings. The van der Waals surface area contributed by atoms with E-state index in [1.54, 1.807) is 7.11 Å². The van der Waals surface area contributed by atoms with E-state index in [1.807, 2.05) is 78.9 Å². The van der Waals surface area contributed by atoms with Crippen molar-refractivity contribution >= 4 is 17.7 Å². The van der Waals surface area contributed by atoms with Gasteiger partial charge in [-0.05, 0) is 42.2 Å². The molecular formula is C26H26N2O4. The zero-order valence-corrected chi connectivity index (χ0v) is 18.0. The third-order valence-corrected chi connectivity index (χ3v) is 5.57. The number of amides is 2. The van der Waals surface area contributed by atoms with Gasteiger partial charge in [0.15, 0.2) is 0 Å². The summed E-state index contributed by atoms with van der Waals surface area (Å²) in [5.41, 5.74) is 3.57. The van der Waals surface area contributed by atoms with Crippen LogP contribution in [-0.4, -0.2) is 36.6 Å². The summed E-state index contributed by atoms with van der Waals surface area (Å²) in [6.07, 6.45) is 0.926. The Morgan fingerprint density at radius 1 is 0.969 bits per heavy atom. The van der Waals surface area contributed by atoms with E-state index in [2.05, 4.69) is 5.32 Å². The van der Waals surface area contributed by atoms with Crippen molar-refractivity contribution in [1.29, 1.82) is 0 Å². The van der Waals surface area contributed by atoms with Crippen LogP contribution >= 0.6 is 0 Å². The molecule has 1 heterocycles. The molecule has 1 saturated heterocycles. The molecule has 6 heteroatoms. The summed E-state index contributed by atoms with van der Waals surface area (Å²) in [4.78, 5) is 27.0. The molecule has 0 radical (unpaired) electrons. The molecule has 1 aliphatic rings. The van der Waals surface area contributed by atoms with Gasteiger partial charge in [0.05, 0.1) is 7.11 Å².